The third kappa shape index (κ3) is 5.44. The predicted molar refractivity (Wildman–Crippen MR) is 175 cm³/mol. The lowest BCUT2D eigenvalue weighted by atomic mass is 9.46. The molecular formula is C38H55N3O4. The Balaban J connectivity index is 0.941. The van der Waals surface area contributed by atoms with Crippen LogP contribution in [0, 0.1) is 46.3 Å². The second-order valence-electron chi connectivity index (χ2n) is 16.4. The number of amides is 2. The van der Waals surface area contributed by atoms with Gasteiger partial charge in [0.05, 0.1) is 6.10 Å². The zero-order valence-electron chi connectivity index (χ0n) is 27.9. The number of hydrogen-bond acceptors (Lipinski definition) is 5. The molecule has 2 heterocycles. The first-order valence-corrected chi connectivity index (χ1v) is 18.0. The number of carbonyl (C=O) groups excluding carboxylic acids is 2. The molecule has 0 radical (unpaired) electrons. The Labute approximate surface area is 269 Å². The first-order valence-electron chi connectivity index (χ1n) is 18.0. The summed E-state index contributed by atoms with van der Waals surface area (Å²) < 4.78 is 7.06. The summed E-state index contributed by atoms with van der Waals surface area (Å²) in [4.78, 5) is 25.3. The van der Waals surface area contributed by atoms with E-state index in [2.05, 4.69) is 49.7 Å². The van der Waals surface area contributed by atoms with Gasteiger partial charge in [0.2, 0.25) is 11.8 Å². The fourth-order valence-corrected chi connectivity index (χ4v) is 11.5. The number of nitrogens with one attached hydrogen (secondary N) is 3. The van der Waals surface area contributed by atoms with Crippen LogP contribution in [-0.2, 0) is 20.7 Å². The van der Waals surface area contributed by atoms with E-state index in [-0.39, 0.29) is 41.2 Å². The van der Waals surface area contributed by atoms with E-state index < -0.39 is 0 Å². The normalized spacial score (nSPS) is 43.4. The van der Waals surface area contributed by atoms with Gasteiger partial charge in [-0.15, -0.1) is 0 Å². The van der Waals surface area contributed by atoms with Gasteiger partial charge in [0.15, 0.2) is 0 Å². The molecule has 2 amide bonds. The molecule has 246 valence electrons. The lowest BCUT2D eigenvalue weighted by Crippen LogP contribution is -2.57. The molecule has 4 N–H and O–H groups in total. The van der Waals surface area contributed by atoms with Crippen molar-refractivity contribution in [3.05, 3.63) is 41.5 Å². The van der Waals surface area contributed by atoms with Gasteiger partial charge in [0.25, 0.3) is 0 Å². The number of rotatable bonds is 6. The highest BCUT2D eigenvalue weighted by Crippen LogP contribution is 2.70. The first-order chi connectivity index (χ1) is 21.5. The summed E-state index contributed by atoms with van der Waals surface area (Å²) in [5.41, 5.74) is 3.05. The molecule has 11 atom stereocenters. The lowest BCUT2D eigenvalue weighted by molar-refractivity contribution is -0.129. The molecular weight excluding hydrogens is 562 g/mol. The number of carbonyl (C=O) groups is 2. The van der Waals surface area contributed by atoms with Gasteiger partial charge in [-0.25, -0.2) is 0 Å². The summed E-state index contributed by atoms with van der Waals surface area (Å²) in [7, 11) is 0. The summed E-state index contributed by atoms with van der Waals surface area (Å²) in [5.74, 6) is 3.93. The molecule has 7 heteroatoms. The summed E-state index contributed by atoms with van der Waals surface area (Å²) >= 11 is 0. The summed E-state index contributed by atoms with van der Waals surface area (Å²) in [6.45, 7) is 11.5. The molecule has 2 saturated heterocycles. The van der Waals surface area contributed by atoms with Crippen LogP contribution in [0.1, 0.15) is 97.5 Å². The zero-order valence-corrected chi connectivity index (χ0v) is 27.9. The maximum Gasteiger partial charge on any atom is 0.229 e. The number of allylic oxidation sites excluding steroid dienone is 1. The Kier molecular flexibility index (Phi) is 8.12. The van der Waals surface area contributed by atoms with Crippen molar-refractivity contribution >= 4 is 11.8 Å². The van der Waals surface area contributed by atoms with Crippen LogP contribution in [0.5, 0.6) is 5.75 Å². The fourth-order valence-electron chi connectivity index (χ4n) is 11.5. The molecule has 1 spiro atoms. The van der Waals surface area contributed by atoms with E-state index in [1.807, 2.05) is 12.1 Å². The van der Waals surface area contributed by atoms with Crippen molar-refractivity contribution in [1.29, 1.82) is 0 Å². The van der Waals surface area contributed by atoms with Gasteiger partial charge in [-0.2, -0.15) is 0 Å². The maximum atomic E-state index is 12.8. The highest BCUT2D eigenvalue weighted by molar-refractivity contribution is 5.97. The second kappa shape index (κ2) is 11.7. The lowest BCUT2D eigenvalue weighted by Gasteiger charge is -2.58. The zero-order chi connectivity index (χ0) is 31.6. The van der Waals surface area contributed by atoms with Crippen LogP contribution >= 0.6 is 0 Å². The van der Waals surface area contributed by atoms with E-state index in [1.54, 1.807) is 17.7 Å². The Morgan fingerprint density at radius 2 is 1.82 bits per heavy atom. The summed E-state index contributed by atoms with van der Waals surface area (Å²) in [5, 5.41) is 19.4. The van der Waals surface area contributed by atoms with Crippen molar-refractivity contribution < 1.29 is 19.4 Å². The van der Waals surface area contributed by atoms with Gasteiger partial charge in [-0.05, 0) is 122 Å². The van der Waals surface area contributed by atoms with Crippen LogP contribution < -0.4 is 16.0 Å². The molecule has 5 fully saturated rings. The molecule has 45 heavy (non-hydrogen) atoms. The maximum absolute atomic E-state index is 12.8. The van der Waals surface area contributed by atoms with Gasteiger partial charge in [0.1, 0.15) is 17.9 Å². The van der Waals surface area contributed by atoms with Gasteiger partial charge in [-0.1, -0.05) is 51.5 Å². The topological polar surface area (TPSA) is 99.7 Å². The minimum absolute atomic E-state index is 0.102. The van der Waals surface area contributed by atoms with E-state index in [4.69, 9.17) is 4.74 Å². The molecule has 4 aliphatic carbocycles. The highest BCUT2D eigenvalue weighted by Gasteiger charge is 2.68. The molecule has 1 aromatic carbocycles. The third-order valence-electron chi connectivity index (χ3n) is 13.9. The largest absolute Gasteiger partial charge is 0.508 e. The van der Waals surface area contributed by atoms with Crippen molar-refractivity contribution in [2.24, 2.45) is 46.3 Å². The van der Waals surface area contributed by atoms with Gasteiger partial charge in [0, 0.05) is 25.0 Å². The van der Waals surface area contributed by atoms with Crippen LogP contribution in [0.15, 0.2) is 35.9 Å². The first kappa shape index (κ1) is 31.2. The third-order valence-corrected chi connectivity index (χ3v) is 13.9. The average Bonchev–Trinajstić information content (AvgIpc) is 3.45. The molecule has 7 nitrogen and oxygen atoms in total. The number of phenolic OH excluding ortho intramolecular Hbond substituents is 1. The van der Waals surface area contributed by atoms with E-state index >= 15 is 0 Å². The van der Waals surface area contributed by atoms with E-state index in [9.17, 15) is 14.7 Å². The van der Waals surface area contributed by atoms with E-state index in [1.165, 1.54) is 25.7 Å². The van der Waals surface area contributed by atoms with Crippen LogP contribution in [0.2, 0.25) is 0 Å². The number of fused-ring (bicyclic) bond motifs is 7. The number of piperidine rings is 1. The minimum Gasteiger partial charge on any atom is -0.508 e. The molecule has 2 aliphatic heterocycles. The Bertz CT molecular complexity index is 1320. The van der Waals surface area contributed by atoms with Crippen LogP contribution in [-0.4, -0.2) is 47.9 Å². The molecule has 0 bridgehead atoms. The number of aromatic hydroxyl groups is 1. The van der Waals surface area contributed by atoms with Crippen LogP contribution in [0.25, 0.3) is 0 Å². The van der Waals surface area contributed by atoms with Crippen molar-refractivity contribution in [2.75, 3.05) is 13.1 Å². The van der Waals surface area contributed by atoms with Gasteiger partial charge in [-0.3, -0.25) is 14.9 Å². The smallest absolute Gasteiger partial charge is 0.229 e. The minimum atomic E-state index is -0.240. The number of ether oxygens (including phenoxy) is 1. The van der Waals surface area contributed by atoms with Crippen molar-refractivity contribution in [1.82, 2.24) is 16.0 Å². The SMILES string of the molecule is C[C@@H]1CC[C@@]2(NC1)O[C@H]1C[C@H]3[C@@H]4CC=C5C[C@H](NC(=O)CC(=O)NCCc6ccc(O)cc6)CC[C@]5(C)[C@H]4CC[C@]3(C)[C@H]1[C@@H]2C. The molecule has 6 aliphatic rings. The molecule has 1 aromatic rings. The number of benzene rings is 1. The summed E-state index contributed by atoms with van der Waals surface area (Å²) in [6, 6.07) is 7.08. The van der Waals surface area contributed by atoms with Crippen LogP contribution in [0.3, 0.4) is 0 Å². The average molecular weight is 618 g/mol. The molecule has 0 unspecified atom stereocenters. The quantitative estimate of drug-likeness (QED) is 0.237. The second-order valence-corrected chi connectivity index (χ2v) is 16.4. The van der Waals surface area contributed by atoms with E-state index in [0.29, 0.717) is 42.2 Å². The highest BCUT2D eigenvalue weighted by atomic mass is 16.5. The Morgan fingerprint density at radius 1 is 1.02 bits per heavy atom. The van der Waals surface area contributed by atoms with Crippen molar-refractivity contribution in [2.45, 2.75) is 116 Å². The van der Waals surface area contributed by atoms with Crippen molar-refractivity contribution in [3.8, 4) is 5.75 Å². The van der Waals surface area contributed by atoms with Gasteiger partial charge < -0.3 is 20.5 Å². The predicted octanol–water partition coefficient (Wildman–Crippen LogP) is 5.87. The number of phenols is 1. The van der Waals surface area contributed by atoms with Gasteiger partial charge >= 0.3 is 0 Å². The number of hydrogen-bond donors (Lipinski definition) is 4. The molecule has 0 aromatic heterocycles. The molecule has 7 rings (SSSR count). The summed E-state index contributed by atoms with van der Waals surface area (Å²) in [6.07, 6.45) is 13.9. The Morgan fingerprint density at radius 3 is 2.58 bits per heavy atom. The standard InChI is InChI=1S/C38H55N3O4/c1-23-11-17-38(40-22-23)24(2)35-32(45-38)20-31-29-10-7-26-19-27(12-15-36(26,3)30(29)13-16-37(31,35)4)41-34(44)21-33(43)39-18-14-25-5-8-28(42)9-6-25/h5-9,23-24,27,29-32,35,40,42H,10-22H2,1-4H3,(H,39,43)(H,41,44)/t23-,24+,27-,29-,30+,31+,32+,35+,36+,37+,38-/m1/s1. The monoisotopic (exact) mass is 617 g/mol. The Hall–Kier alpha value is -2.38. The van der Waals surface area contributed by atoms with E-state index in [0.717, 1.165) is 62.0 Å². The molecule has 3 saturated carbocycles. The fraction of sp³-hybridized carbons (Fsp3) is 0.737. The van der Waals surface area contributed by atoms with Crippen LogP contribution in [0.4, 0.5) is 0 Å². The van der Waals surface area contributed by atoms with Crippen molar-refractivity contribution in [3.63, 3.8) is 0 Å².